The largest absolute Gasteiger partial charge is 0.502 e. The number of fused-ring (bicyclic) bond motifs is 3. The normalized spacial score (nSPS) is 20.2. The Morgan fingerprint density at radius 1 is 1.37 bits per heavy atom. The highest BCUT2D eigenvalue weighted by Crippen LogP contribution is 2.31. The minimum absolute atomic E-state index is 0.172. The smallest absolute Gasteiger partial charge is 0.277 e. The van der Waals surface area contributed by atoms with Gasteiger partial charge in [-0.25, -0.2) is 4.39 Å². The van der Waals surface area contributed by atoms with E-state index in [9.17, 15) is 23.9 Å². The molecule has 0 unspecified atom stereocenters. The van der Waals surface area contributed by atoms with Crippen molar-refractivity contribution >= 4 is 23.4 Å². The first-order chi connectivity index (χ1) is 14.2. The number of benzene rings is 1. The molecular weight excluding hydrogens is 415 g/mol. The molecule has 2 aromatic rings. The van der Waals surface area contributed by atoms with Gasteiger partial charge in [0.15, 0.2) is 11.4 Å². The Hall–Kier alpha value is -3.07. The van der Waals surface area contributed by atoms with E-state index in [4.69, 9.17) is 11.6 Å². The van der Waals surface area contributed by atoms with Gasteiger partial charge in [-0.05, 0) is 24.5 Å². The summed E-state index contributed by atoms with van der Waals surface area (Å²) in [4.78, 5) is 39.5. The van der Waals surface area contributed by atoms with Crippen molar-refractivity contribution < 1.29 is 19.1 Å². The van der Waals surface area contributed by atoms with E-state index in [1.807, 2.05) is 11.9 Å². The van der Waals surface area contributed by atoms with Crippen molar-refractivity contribution in [3.8, 4) is 5.75 Å². The van der Waals surface area contributed by atoms with Crippen LogP contribution in [0.4, 0.5) is 4.39 Å². The minimum Gasteiger partial charge on any atom is -0.502 e. The number of rotatable bonds is 3. The van der Waals surface area contributed by atoms with Crippen LogP contribution in [0.2, 0.25) is 5.02 Å². The Bertz CT molecular complexity index is 1120. The van der Waals surface area contributed by atoms with Crippen LogP contribution >= 0.6 is 11.6 Å². The Kier molecular flexibility index (Phi) is 4.93. The standard InChI is InChI=1S/C20H20ClFN4O4/c1-10-5-15-24(2)20(30)16-18(28)17(27)13(9-26(16)25(15)8-10)19(29)23-7-11-3-4-12(21)6-14(11)22/h3-4,6,9-10,15,28H,5,7-8H2,1-2H3,(H,23,29)/t10-,15-/m0/s1. The number of halogens is 2. The predicted molar refractivity (Wildman–Crippen MR) is 108 cm³/mol. The van der Waals surface area contributed by atoms with E-state index in [0.717, 1.165) is 12.5 Å². The predicted octanol–water partition coefficient (Wildman–Crippen LogP) is 1.67. The van der Waals surface area contributed by atoms with Gasteiger partial charge in [0, 0.05) is 36.9 Å². The quantitative estimate of drug-likeness (QED) is 0.766. The molecule has 30 heavy (non-hydrogen) atoms. The maximum absolute atomic E-state index is 13.9. The summed E-state index contributed by atoms with van der Waals surface area (Å²) in [6.07, 6.45) is 1.76. The molecule has 3 heterocycles. The maximum atomic E-state index is 13.9. The molecule has 1 saturated heterocycles. The monoisotopic (exact) mass is 434 g/mol. The van der Waals surface area contributed by atoms with Gasteiger partial charge in [0.2, 0.25) is 5.43 Å². The summed E-state index contributed by atoms with van der Waals surface area (Å²) in [6.45, 7) is 2.45. The zero-order valence-corrected chi connectivity index (χ0v) is 17.1. The summed E-state index contributed by atoms with van der Waals surface area (Å²) in [6, 6.07) is 4.04. The van der Waals surface area contributed by atoms with E-state index in [-0.39, 0.29) is 40.5 Å². The van der Waals surface area contributed by atoms with Gasteiger partial charge < -0.3 is 15.3 Å². The number of amides is 2. The molecule has 10 heteroatoms. The fourth-order valence-electron chi connectivity index (χ4n) is 3.98. The number of nitrogens with one attached hydrogen (secondary N) is 1. The second kappa shape index (κ2) is 7.32. The van der Waals surface area contributed by atoms with Crippen LogP contribution in [0.5, 0.6) is 5.75 Å². The third-order valence-corrected chi connectivity index (χ3v) is 5.80. The topological polar surface area (TPSA) is 94.9 Å². The average molecular weight is 435 g/mol. The SMILES string of the molecule is C[C@H]1C[C@H]2N(C)C(=O)c3c(O)c(=O)c(C(=O)NCc4ccc(Cl)cc4F)cn3N2C1. The molecular formula is C20H20ClFN4O4. The Balaban J connectivity index is 1.68. The zero-order chi connectivity index (χ0) is 21.7. The molecule has 1 aromatic carbocycles. The molecule has 1 fully saturated rings. The molecule has 2 amide bonds. The molecule has 0 radical (unpaired) electrons. The first-order valence-corrected chi connectivity index (χ1v) is 9.81. The van der Waals surface area contributed by atoms with Gasteiger partial charge >= 0.3 is 0 Å². The van der Waals surface area contributed by atoms with Gasteiger partial charge in [-0.15, -0.1) is 0 Å². The lowest BCUT2D eigenvalue weighted by Crippen LogP contribution is -2.57. The zero-order valence-electron chi connectivity index (χ0n) is 16.4. The number of carbonyl (C=O) groups is 2. The molecule has 0 bridgehead atoms. The number of hydrogen-bond acceptors (Lipinski definition) is 5. The van der Waals surface area contributed by atoms with Crippen molar-refractivity contribution in [1.82, 2.24) is 14.9 Å². The molecule has 2 atom stereocenters. The van der Waals surface area contributed by atoms with Gasteiger partial charge in [0.05, 0.1) is 0 Å². The third-order valence-electron chi connectivity index (χ3n) is 5.57. The molecule has 0 spiro atoms. The van der Waals surface area contributed by atoms with Crippen LogP contribution in [0.15, 0.2) is 29.2 Å². The van der Waals surface area contributed by atoms with Crippen LogP contribution in [0, 0.1) is 11.7 Å². The van der Waals surface area contributed by atoms with Gasteiger partial charge in [0.1, 0.15) is 17.5 Å². The lowest BCUT2D eigenvalue weighted by molar-refractivity contribution is 0.0653. The third kappa shape index (κ3) is 3.19. The van der Waals surface area contributed by atoms with E-state index in [1.54, 1.807) is 7.05 Å². The van der Waals surface area contributed by atoms with Gasteiger partial charge in [-0.1, -0.05) is 24.6 Å². The van der Waals surface area contributed by atoms with E-state index in [2.05, 4.69) is 5.32 Å². The number of aromatic hydroxyl groups is 1. The lowest BCUT2D eigenvalue weighted by Gasteiger charge is -2.41. The van der Waals surface area contributed by atoms with Crippen LogP contribution in [0.1, 0.15) is 39.8 Å². The Labute approximate surface area is 176 Å². The highest BCUT2D eigenvalue weighted by atomic mass is 35.5. The summed E-state index contributed by atoms with van der Waals surface area (Å²) < 4.78 is 15.3. The molecule has 8 nitrogen and oxygen atoms in total. The molecule has 4 rings (SSSR count). The highest BCUT2D eigenvalue weighted by molar-refractivity contribution is 6.30. The van der Waals surface area contributed by atoms with Crippen molar-refractivity contribution in [2.24, 2.45) is 5.92 Å². The van der Waals surface area contributed by atoms with E-state index in [1.165, 1.54) is 27.9 Å². The van der Waals surface area contributed by atoms with Crippen molar-refractivity contribution in [3.63, 3.8) is 0 Å². The molecule has 0 aliphatic carbocycles. The summed E-state index contributed by atoms with van der Waals surface area (Å²) in [5.41, 5.74) is -1.27. The van der Waals surface area contributed by atoms with E-state index in [0.29, 0.717) is 6.54 Å². The summed E-state index contributed by atoms with van der Waals surface area (Å²) >= 11 is 5.72. The summed E-state index contributed by atoms with van der Waals surface area (Å²) in [5.74, 6) is -2.36. The van der Waals surface area contributed by atoms with Crippen molar-refractivity contribution in [3.05, 3.63) is 62.3 Å². The molecule has 2 aliphatic rings. The second-order valence-corrected chi connectivity index (χ2v) is 8.13. The fraction of sp³-hybridized carbons (Fsp3) is 0.350. The molecule has 2 N–H and O–H groups in total. The van der Waals surface area contributed by atoms with Crippen LogP contribution in [0.25, 0.3) is 0 Å². The van der Waals surface area contributed by atoms with Crippen molar-refractivity contribution in [2.45, 2.75) is 26.1 Å². The molecule has 1 aromatic heterocycles. The second-order valence-electron chi connectivity index (χ2n) is 7.69. The minimum atomic E-state index is -0.956. The number of nitrogens with zero attached hydrogens (tertiary/aromatic N) is 3. The highest BCUT2D eigenvalue weighted by Gasteiger charge is 2.43. The fourth-order valence-corrected chi connectivity index (χ4v) is 4.14. The van der Waals surface area contributed by atoms with E-state index >= 15 is 0 Å². The molecule has 0 saturated carbocycles. The molecule has 2 aliphatic heterocycles. The number of pyridine rings is 1. The van der Waals surface area contributed by atoms with Gasteiger partial charge in [0.25, 0.3) is 11.8 Å². The summed E-state index contributed by atoms with van der Waals surface area (Å²) in [7, 11) is 1.62. The maximum Gasteiger partial charge on any atom is 0.277 e. The average Bonchev–Trinajstić information content (AvgIpc) is 3.09. The number of hydrogen-bond donors (Lipinski definition) is 2. The first kappa shape index (κ1) is 20.2. The van der Waals surface area contributed by atoms with Gasteiger partial charge in [-0.3, -0.25) is 24.1 Å². The summed E-state index contributed by atoms with van der Waals surface area (Å²) in [5, 5.41) is 15.0. The van der Waals surface area contributed by atoms with Crippen LogP contribution in [-0.2, 0) is 6.54 Å². The van der Waals surface area contributed by atoms with Crippen LogP contribution in [0.3, 0.4) is 0 Å². The van der Waals surface area contributed by atoms with E-state index < -0.39 is 28.8 Å². The van der Waals surface area contributed by atoms with Crippen LogP contribution < -0.4 is 15.8 Å². The molecule has 158 valence electrons. The Morgan fingerprint density at radius 3 is 2.80 bits per heavy atom. The Morgan fingerprint density at radius 2 is 2.10 bits per heavy atom. The van der Waals surface area contributed by atoms with Gasteiger partial charge in [-0.2, -0.15) is 0 Å². The lowest BCUT2D eigenvalue weighted by atomic mass is 10.1. The number of carbonyl (C=O) groups excluding carboxylic acids is 2. The van der Waals surface area contributed by atoms with Crippen molar-refractivity contribution in [1.29, 1.82) is 0 Å². The first-order valence-electron chi connectivity index (χ1n) is 9.44. The number of aromatic nitrogens is 1. The van der Waals surface area contributed by atoms with Crippen molar-refractivity contribution in [2.75, 3.05) is 18.6 Å². The van der Waals surface area contributed by atoms with Crippen LogP contribution in [-0.4, -0.2) is 46.3 Å².